The van der Waals surface area contributed by atoms with Gasteiger partial charge in [-0.3, -0.25) is 14.5 Å². The van der Waals surface area contributed by atoms with Gasteiger partial charge in [0.2, 0.25) is 5.89 Å². The van der Waals surface area contributed by atoms with Gasteiger partial charge in [-0.15, -0.1) is 0 Å². The Balaban J connectivity index is 1.53. The standard InChI is InChI=1S/C21H15ClN2O5/c22-12-4-6-15-17(9-12)23-18(29-21(15)27)11-3-5-14-16(8-11)20(26)24(19(14)25)10-13-2-1-7-28-13/h3-6,8-9,13H,1-2,7,10H2/t13-/m0/s1. The molecule has 0 radical (unpaired) electrons. The molecular formula is C21H15ClN2O5. The summed E-state index contributed by atoms with van der Waals surface area (Å²) in [7, 11) is 0. The Morgan fingerprint density at radius 3 is 2.69 bits per heavy atom. The largest absolute Gasteiger partial charge is 0.403 e. The van der Waals surface area contributed by atoms with E-state index in [4.69, 9.17) is 20.8 Å². The molecule has 0 aliphatic carbocycles. The van der Waals surface area contributed by atoms with E-state index in [0.29, 0.717) is 33.7 Å². The highest BCUT2D eigenvalue weighted by atomic mass is 35.5. The Kier molecular flexibility index (Phi) is 4.22. The lowest BCUT2D eigenvalue weighted by molar-refractivity contribution is 0.0475. The van der Waals surface area contributed by atoms with Crippen LogP contribution in [0, 0.1) is 0 Å². The topological polar surface area (TPSA) is 89.7 Å². The summed E-state index contributed by atoms with van der Waals surface area (Å²) >= 11 is 6.00. The second-order valence-corrected chi connectivity index (χ2v) is 7.52. The SMILES string of the molecule is O=C1c2ccc(-c3nc4cc(Cl)ccc4c(=O)o3)cc2C(=O)N1C[C@@H]1CCCO1. The fraction of sp³-hybridized carbons (Fsp3) is 0.238. The van der Waals surface area contributed by atoms with Crippen LogP contribution in [0.1, 0.15) is 33.6 Å². The number of carbonyl (C=O) groups excluding carboxylic acids is 2. The number of benzene rings is 2. The number of imide groups is 1. The first-order chi connectivity index (χ1) is 14.0. The molecule has 2 aliphatic rings. The smallest absolute Gasteiger partial charge is 0.347 e. The number of ether oxygens (including phenoxy) is 1. The molecule has 0 unspecified atom stereocenters. The lowest BCUT2D eigenvalue weighted by Gasteiger charge is -2.17. The molecule has 2 amide bonds. The summed E-state index contributed by atoms with van der Waals surface area (Å²) in [5.41, 5.74) is 0.864. The van der Waals surface area contributed by atoms with Crippen molar-refractivity contribution in [3.8, 4) is 11.5 Å². The van der Waals surface area contributed by atoms with Crippen molar-refractivity contribution in [2.45, 2.75) is 18.9 Å². The third-order valence-electron chi connectivity index (χ3n) is 5.22. The van der Waals surface area contributed by atoms with Gasteiger partial charge < -0.3 is 9.15 Å². The molecule has 1 saturated heterocycles. The van der Waals surface area contributed by atoms with Gasteiger partial charge in [0.15, 0.2) is 0 Å². The molecule has 7 nitrogen and oxygen atoms in total. The molecule has 0 N–H and O–H groups in total. The second-order valence-electron chi connectivity index (χ2n) is 7.08. The summed E-state index contributed by atoms with van der Waals surface area (Å²) in [5, 5.41) is 0.759. The molecule has 1 atom stereocenters. The number of hydrogen-bond donors (Lipinski definition) is 0. The first-order valence-electron chi connectivity index (χ1n) is 9.24. The van der Waals surface area contributed by atoms with Crippen molar-refractivity contribution in [2.24, 2.45) is 0 Å². The highest BCUT2D eigenvalue weighted by Crippen LogP contribution is 2.29. The van der Waals surface area contributed by atoms with Crippen molar-refractivity contribution in [3.05, 3.63) is 63.0 Å². The Hall–Kier alpha value is -3.03. The maximum atomic E-state index is 12.8. The fourth-order valence-corrected chi connectivity index (χ4v) is 3.92. The van der Waals surface area contributed by atoms with E-state index < -0.39 is 5.63 Å². The van der Waals surface area contributed by atoms with E-state index in [9.17, 15) is 14.4 Å². The molecule has 2 aliphatic heterocycles. The summed E-state index contributed by atoms with van der Waals surface area (Å²) in [6.45, 7) is 0.887. The number of rotatable bonds is 3. The summed E-state index contributed by atoms with van der Waals surface area (Å²) in [5.74, 6) is -0.661. The van der Waals surface area contributed by atoms with E-state index in [1.54, 1.807) is 30.3 Å². The third kappa shape index (κ3) is 3.03. The molecule has 3 heterocycles. The number of halogens is 1. The van der Waals surface area contributed by atoms with E-state index in [-0.39, 0.29) is 35.9 Å². The molecule has 5 rings (SSSR count). The molecule has 146 valence electrons. The van der Waals surface area contributed by atoms with Gasteiger partial charge in [0.05, 0.1) is 34.7 Å². The predicted octanol–water partition coefficient (Wildman–Crippen LogP) is 3.28. The van der Waals surface area contributed by atoms with Crippen molar-refractivity contribution in [1.29, 1.82) is 0 Å². The average Bonchev–Trinajstić information content (AvgIpc) is 3.30. The molecule has 1 aromatic heterocycles. The molecule has 8 heteroatoms. The van der Waals surface area contributed by atoms with Crippen LogP contribution in [0.4, 0.5) is 0 Å². The maximum absolute atomic E-state index is 12.8. The van der Waals surface area contributed by atoms with Gasteiger partial charge in [-0.05, 0) is 49.2 Å². The van der Waals surface area contributed by atoms with Crippen LogP contribution < -0.4 is 5.63 Å². The van der Waals surface area contributed by atoms with Crippen molar-refractivity contribution >= 4 is 34.3 Å². The van der Waals surface area contributed by atoms with Gasteiger partial charge in [0.25, 0.3) is 11.8 Å². The minimum Gasteiger partial charge on any atom is -0.403 e. The quantitative estimate of drug-likeness (QED) is 0.615. The Morgan fingerprint density at radius 1 is 1.07 bits per heavy atom. The van der Waals surface area contributed by atoms with Crippen LogP contribution >= 0.6 is 11.6 Å². The zero-order valence-corrected chi connectivity index (χ0v) is 15.9. The number of fused-ring (bicyclic) bond motifs is 2. The van der Waals surface area contributed by atoms with Gasteiger partial charge in [-0.25, -0.2) is 9.78 Å². The van der Waals surface area contributed by atoms with Crippen LogP contribution in [-0.4, -0.2) is 41.0 Å². The second kappa shape index (κ2) is 6.79. The van der Waals surface area contributed by atoms with Crippen LogP contribution in [0.3, 0.4) is 0 Å². The highest BCUT2D eigenvalue weighted by molar-refractivity contribution is 6.31. The van der Waals surface area contributed by atoms with Crippen molar-refractivity contribution in [1.82, 2.24) is 9.88 Å². The number of aromatic nitrogens is 1. The van der Waals surface area contributed by atoms with E-state index in [0.717, 1.165) is 12.8 Å². The zero-order valence-electron chi connectivity index (χ0n) is 15.2. The van der Waals surface area contributed by atoms with E-state index >= 15 is 0 Å². The normalized spacial score (nSPS) is 18.7. The average molecular weight is 411 g/mol. The predicted molar refractivity (Wildman–Crippen MR) is 105 cm³/mol. The minimum absolute atomic E-state index is 0.0605. The summed E-state index contributed by atoms with van der Waals surface area (Å²) in [6.07, 6.45) is 1.63. The molecule has 2 aromatic carbocycles. The van der Waals surface area contributed by atoms with Crippen molar-refractivity contribution < 1.29 is 18.7 Å². The molecule has 3 aromatic rings. The molecule has 1 fully saturated rings. The highest BCUT2D eigenvalue weighted by Gasteiger charge is 2.37. The minimum atomic E-state index is -0.551. The lowest BCUT2D eigenvalue weighted by Crippen LogP contribution is -2.36. The number of carbonyl (C=O) groups is 2. The molecule has 0 bridgehead atoms. The summed E-state index contributed by atoms with van der Waals surface area (Å²) in [6, 6.07) is 9.42. The Bertz CT molecular complexity index is 1230. The number of hydrogen-bond acceptors (Lipinski definition) is 6. The molecule has 0 spiro atoms. The van der Waals surface area contributed by atoms with E-state index in [1.165, 1.54) is 11.0 Å². The van der Waals surface area contributed by atoms with Crippen LogP contribution in [-0.2, 0) is 4.74 Å². The monoisotopic (exact) mass is 410 g/mol. The van der Waals surface area contributed by atoms with Crippen LogP contribution in [0.25, 0.3) is 22.4 Å². The molecule has 0 saturated carbocycles. The molecular weight excluding hydrogens is 396 g/mol. The number of amides is 2. The van der Waals surface area contributed by atoms with Gasteiger partial charge in [0, 0.05) is 17.2 Å². The van der Waals surface area contributed by atoms with Gasteiger partial charge in [0.1, 0.15) is 0 Å². The van der Waals surface area contributed by atoms with Crippen molar-refractivity contribution in [2.75, 3.05) is 13.2 Å². The van der Waals surface area contributed by atoms with Gasteiger partial charge >= 0.3 is 5.63 Å². The lowest BCUT2D eigenvalue weighted by atomic mass is 10.1. The van der Waals surface area contributed by atoms with E-state index in [1.807, 2.05) is 0 Å². The summed E-state index contributed by atoms with van der Waals surface area (Å²) < 4.78 is 10.9. The summed E-state index contributed by atoms with van der Waals surface area (Å²) in [4.78, 5) is 43.3. The first kappa shape index (κ1) is 18.0. The number of nitrogens with zero attached hydrogens (tertiary/aromatic N) is 2. The first-order valence-corrected chi connectivity index (χ1v) is 9.62. The van der Waals surface area contributed by atoms with Crippen molar-refractivity contribution in [3.63, 3.8) is 0 Å². The maximum Gasteiger partial charge on any atom is 0.347 e. The molecule has 29 heavy (non-hydrogen) atoms. The van der Waals surface area contributed by atoms with Crippen LogP contribution in [0.15, 0.2) is 45.6 Å². The third-order valence-corrected chi connectivity index (χ3v) is 5.45. The zero-order chi connectivity index (χ0) is 20.1. The van der Waals surface area contributed by atoms with Gasteiger partial charge in [-0.2, -0.15) is 0 Å². The Morgan fingerprint density at radius 2 is 1.90 bits per heavy atom. The fourth-order valence-electron chi connectivity index (χ4n) is 3.75. The van der Waals surface area contributed by atoms with Crippen LogP contribution in [0.2, 0.25) is 5.02 Å². The Labute approximate surface area is 169 Å². The van der Waals surface area contributed by atoms with E-state index in [2.05, 4.69) is 4.98 Å². The van der Waals surface area contributed by atoms with Gasteiger partial charge in [-0.1, -0.05) is 11.6 Å². The van der Waals surface area contributed by atoms with Crippen LogP contribution in [0.5, 0.6) is 0 Å².